The van der Waals surface area contributed by atoms with Crippen molar-refractivity contribution in [1.82, 2.24) is 10.2 Å². The lowest BCUT2D eigenvalue weighted by Crippen LogP contribution is -2.42. The quantitative estimate of drug-likeness (QED) is 0.844. The minimum Gasteiger partial charge on any atom is -0.464 e. The highest BCUT2D eigenvalue weighted by atomic mass is 16.3. The SMILES string of the molecule is CNCC(C)C(=O)N(Cc1ccc(C)o1)C(C)C. The molecule has 0 saturated heterocycles. The van der Waals surface area contributed by atoms with Crippen LogP contribution in [0.5, 0.6) is 0 Å². The number of amides is 1. The Morgan fingerprint density at radius 1 is 1.39 bits per heavy atom. The monoisotopic (exact) mass is 252 g/mol. The maximum absolute atomic E-state index is 12.3. The van der Waals surface area contributed by atoms with E-state index in [9.17, 15) is 4.79 Å². The van der Waals surface area contributed by atoms with Gasteiger partial charge < -0.3 is 14.6 Å². The largest absolute Gasteiger partial charge is 0.464 e. The molecule has 0 aliphatic rings. The van der Waals surface area contributed by atoms with Gasteiger partial charge in [-0.15, -0.1) is 0 Å². The Morgan fingerprint density at radius 3 is 2.50 bits per heavy atom. The zero-order chi connectivity index (χ0) is 13.7. The van der Waals surface area contributed by atoms with Gasteiger partial charge in [0.1, 0.15) is 11.5 Å². The molecule has 0 spiro atoms. The molecule has 0 bridgehead atoms. The first kappa shape index (κ1) is 14.8. The van der Waals surface area contributed by atoms with Gasteiger partial charge in [0, 0.05) is 18.5 Å². The first-order valence-corrected chi connectivity index (χ1v) is 6.46. The molecule has 0 aliphatic carbocycles. The highest BCUT2D eigenvalue weighted by Crippen LogP contribution is 2.14. The van der Waals surface area contributed by atoms with Gasteiger partial charge in [0.2, 0.25) is 5.91 Å². The van der Waals surface area contributed by atoms with Gasteiger partial charge in [-0.25, -0.2) is 0 Å². The van der Waals surface area contributed by atoms with Gasteiger partial charge in [-0.05, 0) is 40.0 Å². The molecular formula is C14H24N2O2. The summed E-state index contributed by atoms with van der Waals surface area (Å²) in [6.45, 7) is 9.15. The molecule has 18 heavy (non-hydrogen) atoms. The van der Waals surface area contributed by atoms with Gasteiger partial charge in [0.25, 0.3) is 0 Å². The van der Waals surface area contributed by atoms with E-state index in [4.69, 9.17) is 4.42 Å². The molecule has 0 fully saturated rings. The summed E-state index contributed by atoms with van der Waals surface area (Å²) >= 11 is 0. The molecule has 0 aromatic carbocycles. The standard InChI is InChI=1S/C14H24N2O2/c1-10(2)16(14(17)11(3)8-15-5)9-13-7-6-12(4)18-13/h6-7,10-11,15H,8-9H2,1-5H3. The fourth-order valence-corrected chi connectivity index (χ4v) is 1.93. The molecule has 4 nitrogen and oxygen atoms in total. The fraction of sp³-hybridized carbons (Fsp3) is 0.643. The molecule has 0 aliphatic heterocycles. The second-order valence-corrected chi connectivity index (χ2v) is 5.03. The first-order valence-electron chi connectivity index (χ1n) is 6.46. The summed E-state index contributed by atoms with van der Waals surface area (Å²) in [7, 11) is 1.86. The number of carbonyl (C=O) groups is 1. The normalized spacial score (nSPS) is 12.8. The average Bonchev–Trinajstić information content (AvgIpc) is 2.71. The Morgan fingerprint density at radius 2 is 2.06 bits per heavy atom. The van der Waals surface area contributed by atoms with Crippen molar-refractivity contribution < 1.29 is 9.21 Å². The molecular weight excluding hydrogens is 228 g/mol. The van der Waals surface area contributed by atoms with Crippen LogP contribution in [-0.4, -0.2) is 30.4 Å². The molecule has 1 aromatic rings. The summed E-state index contributed by atoms with van der Waals surface area (Å²) in [6.07, 6.45) is 0. The number of rotatable bonds is 6. The van der Waals surface area contributed by atoms with E-state index in [-0.39, 0.29) is 17.9 Å². The summed E-state index contributed by atoms with van der Waals surface area (Å²) in [4.78, 5) is 14.2. The van der Waals surface area contributed by atoms with Crippen molar-refractivity contribution in [2.45, 2.75) is 40.3 Å². The van der Waals surface area contributed by atoms with Gasteiger partial charge in [-0.1, -0.05) is 6.92 Å². The van der Waals surface area contributed by atoms with Crippen LogP contribution in [0.15, 0.2) is 16.5 Å². The molecule has 0 radical (unpaired) electrons. The van der Waals surface area contributed by atoms with E-state index in [1.54, 1.807) is 0 Å². The topological polar surface area (TPSA) is 45.5 Å². The van der Waals surface area contributed by atoms with Gasteiger partial charge in [0.15, 0.2) is 0 Å². The Labute approximate surface area is 109 Å². The Bertz CT molecular complexity index is 385. The van der Waals surface area contributed by atoms with E-state index in [0.717, 1.165) is 11.5 Å². The van der Waals surface area contributed by atoms with Crippen molar-refractivity contribution in [3.8, 4) is 0 Å². The van der Waals surface area contributed by atoms with Crippen molar-refractivity contribution in [3.63, 3.8) is 0 Å². The highest BCUT2D eigenvalue weighted by Gasteiger charge is 2.23. The predicted molar refractivity (Wildman–Crippen MR) is 72.2 cm³/mol. The van der Waals surface area contributed by atoms with Crippen molar-refractivity contribution in [3.05, 3.63) is 23.7 Å². The van der Waals surface area contributed by atoms with Gasteiger partial charge in [-0.3, -0.25) is 4.79 Å². The number of carbonyl (C=O) groups excluding carboxylic acids is 1. The van der Waals surface area contributed by atoms with Crippen molar-refractivity contribution >= 4 is 5.91 Å². The van der Waals surface area contributed by atoms with Crippen molar-refractivity contribution in [2.24, 2.45) is 5.92 Å². The first-order chi connectivity index (χ1) is 8.45. The van der Waals surface area contributed by atoms with E-state index in [0.29, 0.717) is 13.1 Å². The summed E-state index contributed by atoms with van der Waals surface area (Å²) in [5.41, 5.74) is 0. The summed E-state index contributed by atoms with van der Waals surface area (Å²) < 4.78 is 5.54. The fourth-order valence-electron chi connectivity index (χ4n) is 1.93. The number of nitrogens with one attached hydrogen (secondary N) is 1. The second kappa shape index (κ2) is 6.59. The number of furan rings is 1. The minimum absolute atomic E-state index is 0.0199. The lowest BCUT2D eigenvalue weighted by molar-refractivity contribution is -0.137. The zero-order valence-corrected chi connectivity index (χ0v) is 12.0. The molecule has 1 atom stereocenters. The van der Waals surface area contributed by atoms with Crippen LogP contribution in [0.1, 0.15) is 32.3 Å². The van der Waals surface area contributed by atoms with E-state index in [1.165, 1.54) is 0 Å². The van der Waals surface area contributed by atoms with Crippen LogP contribution in [0.3, 0.4) is 0 Å². The van der Waals surface area contributed by atoms with Crippen LogP contribution >= 0.6 is 0 Å². The smallest absolute Gasteiger partial charge is 0.227 e. The van der Waals surface area contributed by atoms with Crippen LogP contribution < -0.4 is 5.32 Å². The summed E-state index contributed by atoms with van der Waals surface area (Å²) in [5.74, 6) is 1.86. The molecule has 1 N–H and O–H groups in total. The third kappa shape index (κ3) is 3.88. The van der Waals surface area contributed by atoms with Crippen LogP contribution in [-0.2, 0) is 11.3 Å². The second-order valence-electron chi connectivity index (χ2n) is 5.03. The maximum atomic E-state index is 12.3. The Balaban J connectivity index is 2.73. The third-order valence-corrected chi connectivity index (χ3v) is 2.96. The molecule has 0 saturated carbocycles. The van der Waals surface area contributed by atoms with Crippen LogP contribution in [0.2, 0.25) is 0 Å². The summed E-state index contributed by atoms with van der Waals surface area (Å²) in [6, 6.07) is 4.03. The molecule has 1 aromatic heterocycles. The number of hydrogen-bond acceptors (Lipinski definition) is 3. The number of aryl methyl sites for hydroxylation is 1. The lowest BCUT2D eigenvalue weighted by atomic mass is 10.1. The van der Waals surface area contributed by atoms with Crippen molar-refractivity contribution in [2.75, 3.05) is 13.6 Å². The Kier molecular flexibility index (Phi) is 5.41. The predicted octanol–water partition coefficient (Wildman–Crippen LogP) is 2.18. The van der Waals surface area contributed by atoms with E-state index in [1.807, 2.05) is 51.8 Å². The van der Waals surface area contributed by atoms with Crippen molar-refractivity contribution in [1.29, 1.82) is 0 Å². The van der Waals surface area contributed by atoms with Crippen LogP contribution in [0, 0.1) is 12.8 Å². The van der Waals surface area contributed by atoms with Crippen LogP contribution in [0.4, 0.5) is 0 Å². The lowest BCUT2D eigenvalue weighted by Gasteiger charge is -2.28. The maximum Gasteiger partial charge on any atom is 0.227 e. The highest BCUT2D eigenvalue weighted by molar-refractivity contribution is 5.79. The van der Waals surface area contributed by atoms with E-state index < -0.39 is 0 Å². The number of nitrogens with zero attached hydrogens (tertiary/aromatic N) is 1. The van der Waals surface area contributed by atoms with Crippen LogP contribution in [0.25, 0.3) is 0 Å². The third-order valence-electron chi connectivity index (χ3n) is 2.96. The molecule has 1 rings (SSSR count). The average molecular weight is 252 g/mol. The zero-order valence-electron chi connectivity index (χ0n) is 12.0. The molecule has 102 valence electrons. The van der Waals surface area contributed by atoms with E-state index in [2.05, 4.69) is 5.32 Å². The number of hydrogen-bond donors (Lipinski definition) is 1. The van der Waals surface area contributed by atoms with Gasteiger partial charge in [-0.2, -0.15) is 0 Å². The summed E-state index contributed by atoms with van der Waals surface area (Å²) in [5, 5.41) is 3.04. The minimum atomic E-state index is -0.0199. The molecule has 1 heterocycles. The molecule has 1 amide bonds. The van der Waals surface area contributed by atoms with E-state index >= 15 is 0 Å². The molecule has 1 unspecified atom stereocenters. The molecule has 4 heteroatoms. The Hall–Kier alpha value is -1.29. The van der Waals surface area contributed by atoms with Gasteiger partial charge >= 0.3 is 0 Å². The van der Waals surface area contributed by atoms with Gasteiger partial charge in [0.05, 0.1) is 6.54 Å².